The summed E-state index contributed by atoms with van der Waals surface area (Å²) >= 11 is 0. The number of benzene rings is 3. The fraction of sp³-hybridized carbons (Fsp3) is 0.138. The molecule has 3 aromatic carbocycles. The molecule has 5 rings (SSSR count). The third-order valence-electron chi connectivity index (χ3n) is 6.00. The topological polar surface area (TPSA) is 52.1 Å². The number of aryl methyl sites for hydroxylation is 3. The number of hydrogen-bond acceptors (Lipinski definition) is 4. The lowest BCUT2D eigenvalue weighted by Gasteiger charge is -2.16. The first-order valence-corrected chi connectivity index (χ1v) is 11.0. The summed E-state index contributed by atoms with van der Waals surface area (Å²) in [4.78, 5) is 23.1. The highest BCUT2D eigenvalue weighted by Gasteiger charge is 2.22. The van der Waals surface area contributed by atoms with Crippen LogP contribution in [-0.2, 0) is 0 Å². The van der Waals surface area contributed by atoms with Gasteiger partial charge < -0.3 is 4.74 Å². The summed E-state index contributed by atoms with van der Waals surface area (Å²) in [7, 11) is 0. The van der Waals surface area contributed by atoms with Crippen LogP contribution in [0.1, 0.15) is 32.6 Å². The molecule has 0 saturated carbocycles. The van der Waals surface area contributed by atoms with E-state index in [2.05, 4.69) is 30.1 Å². The second-order valence-electron chi connectivity index (χ2n) is 8.53. The van der Waals surface area contributed by atoms with Crippen LogP contribution in [0, 0.1) is 27.7 Å². The lowest BCUT2D eigenvalue weighted by molar-refractivity contribution is 0.0738. The van der Waals surface area contributed by atoms with Gasteiger partial charge in [0.15, 0.2) is 5.75 Å². The maximum Gasteiger partial charge on any atom is 0.344 e. The van der Waals surface area contributed by atoms with Gasteiger partial charge >= 0.3 is 5.97 Å². The maximum atomic E-state index is 13.7. The third kappa shape index (κ3) is 3.74. The van der Waals surface area contributed by atoms with E-state index in [1.165, 1.54) is 5.56 Å². The van der Waals surface area contributed by atoms with E-state index in [0.29, 0.717) is 16.8 Å². The Balaban J connectivity index is 1.72. The maximum absolute atomic E-state index is 13.7. The fourth-order valence-corrected chi connectivity index (χ4v) is 4.38. The van der Waals surface area contributed by atoms with Gasteiger partial charge in [-0.05, 0) is 57.0 Å². The van der Waals surface area contributed by atoms with Crippen molar-refractivity contribution in [3.8, 4) is 17.0 Å². The lowest BCUT2D eigenvalue weighted by atomic mass is 9.95. The van der Waals surface area contributed by atoms with Crippen molar-refractivity contribution in [3.63, 3.8) is 0 Å². The molecule has 0 saturated heterocycles. The second-order valence-corrected chi connectivity index (χ2v) is 8.53. The molecule has 0 aliphatic heterocycles. The van der Waals surface area contributed by atoms with Crippen LogP contribution < -0.4 is 4.74 Å². The van der Waals surface area contributed by atoms with E-state index >= 15 is 0 Å². The van der Waals surface area contributed by atoms with Crippen LogP contribution >= 0.6 is 0 Å². The molecular weight excluding hydrogens is 408 g/mol. The van der Waals surface area contributed by atoms with Gasteiger partial charge in [0.25, 0.3) is 0 Å². The highest BCUT2D eigenvalue weighted by Crippen LogP contribution is 2.33. The molecule has 4 nitrogen and oxygen atoms in total. The summed E-state index contributed by atoms with van der Waals surface area (Å²) < 4.78 is 5.96. The molecule has 2 heterocycles. The van der Waals surface area contributed by atoms with E-state index in [1.807, 2.05) is 63.2 Å². The normalized spacial score (nSPS) is 11.2. The molecule has 162 valence electrons. The molecule has 5 aromatic rings. The molecule has 0 radical (unpaired) electrons. The quantitative estimate of drug-likeness (QED) is 0.230. The first-order valence-electron chi connectivity index (χ1n) is 11.0. The zero-order valence-electron chi connectivity index (χ0n) is 19.1. The minimum absolute atomic E-state index is 0.406. The van der Waals surface area contributed by atoms with Crippen LogP contribution in [-0.4, -0.2) is 15.9 Å². The number of ether oxygens (including phenoxy) is 1. The van der Waals surface area contributed by atoms with Crippen molar-refractivity contribution in [2.24, 2.45) is 0 Å². The molecule has 0 aliphatic carbocycles. The van der Waals surface area contributed by atoms with Gasteiger partial charge in [-0.1, -0.05) is 59.7 Å². The number of hydrogen-bond donors (Lipinski definition) is 0. The highest BCUT2D eigenvalue weighted by molar-refractivity contribution is 6.08. The fourth-order valence-electron chi connectivity index (χ4n) is 4.38. The number of aromatic nitrogens is 2. The van der Waals surface area contributed by atoms with E-state index in [-0.39, 0.29) is 0 Å². The van der Waals surface area contributed by atoms with Crippen molar-refractivity contribution >= 4 is 27.8 Å². The monoisotopic (exact) mass is 432 g/mol. The zero-order valence-corrected chi connectivity index (χ0v) is 19.1. The minimum Gasteiger partial charge on any atom is -0.421 e. The Kier molecular flexibility index (Phi) is 5.14. The van der Waals surface area contributed by atoms with Crippen LogP contribution in [0.3, 0.4) is 0 Å². The first kappa shape index (κ1) is 20.8. The minimum atomic E-state index is -0.406. The van der Waals surface area contributed by atoms with Gasteiger partial charge in [0.1, 0.15) is 5.52 Å². The number of pyridine rings is 2. The van der Waals surface area contributed by atoms with Crippen LogP contribution in [0.15, 0.2) is 72.9 Å². The standard InChI is InChI=1S/C29H24N2O2/c1-17-10-12-22(13-11-17)27-20(4)25(23-16-18(2)15-19(3)26(23)31-27)29(32)33-24-9-5-7-21-8-6-14-30-28(21)24/h5-16H,1-4H3. The lowest BCUT2D eigenvalue weighted by Crippen LogP contribution is -2.13. The van der Waals surface area contributed by atoms with Crippen molar-refractivity contribution in [2.75, 3.05) is 0 Å². The van der Waals surface area contributed by atoms with Crippen molar-refractivity contribution in [3.05, 3.63) is 101 Å². The molecule has 0 fully saturated rings. The molecule has 0 N–H and O–H groups in total. The van der Waals surface area contributed by atoms with Crippen LogP contribution in [0.5, 0.6) is 5.75 Å². The number of para-hydroxylation sites is 1. The molecule has 4 heteroatoms. The number of carbonyl (C=O) groups is 1. The number of nitrogens with zero attached hydrogens (tertiary/aromatic N) is 2. The average Bonchev–Trinajstić information content (AvgIpc) is 2.79. The van der Waals surface area contributed by atoms with Crippen molar-refractivity contribution in [1.82, 2.24) is 9.97 Å². The Bertz CT molecular complexity index is 1530. The summed E-state index contributed by atoms with van der Waals surface area (Å²) in [6, 6.07) is 21.7. The number of fused-ring (bicyclic) bond motifs is 2. The van der Waals surface area contributed by atoms with Crippen LogP contribution in [0.25, 0.3) is 33.1 Å². The van der Waals surface area contributed by atoms with Gasteiger partial charge in [-0.25, -0.2) is 9.78 Å². The van der Waals surface area contributed by atoms with Crippen molar-refractivity contribution in [1.29, 1.82) is 0 Å². The largest absolute Gasteiger partial charge is 0.421 e. The molecule has 0 atom stereocenters. The summed E-state index contributed by atoms with van der Waals surface area (Å²) in [6.07, 6.45) is 1.70. The number of rotatable bonds is 3. The highest BCUT2D eigenvalue weighted by atomic mass is 16.5. The Hall–Kier alpha value is -4.05. The molecule has 33 heavy (non-hydrogen) atoms. The molecule has 0 bridgehead atoms. The third-order valence-corrected chi connectivity index (χ3v) is 6.00. The summed E-state index contributed by atoms with van der Waals surface area (Å²) in [5.74, 6) is 0.0418. The smallest absolute Gasteiger partial charge is 0.344 e. The second kappa shape index (κ2) is 8.14. The average molecular weight is 433 g/mol. The van der Waals surface area contributed by atoms with Crippen LogP contribution in [0.2, 0.25) is 0 Å². The number of esters is 1. The van der Waals surface area contributed by atoms with E-state index in [0.717, 1.165) is 44.2 Å². The Labute approximate surface area is 192 Å². The predicted octanol–water partition coefficient (Wildman–Crippen LogP) is 6.90. The summed E-state index contributed by atoms with van der Waals surface area (Å²) in [6.45, 7) is 8.05. The molecule has 0 amide bonds. The van der Waals surface area contributed by atoms with E-state index < -0.39 is 5.97 Å². The van der Waals surface area contributed by atoms with E-state index in [4.69, 9.17) is 9.72 Å². The summed E-state index contributed by atoms with van der Waals surface area (Å²) in [5, 5.41) is 1.73. The molecule has 2 aromatic heterocycles. The van der Waals surface area contributed by atoms with Gasteiger partial charge in [-0.2, -0.15) is 0 Å². The van der Waals surface area contributed by atoms with Gasteiger partial charge in [0, 0.05) is 22.5 Å². The Morgan fingerprint density at radius 1 is 0.818 bits per heavy atom. The van der Waals surface area contributed by atoms with Gasteiger partial charge in [0.05, 0.1) is 16.8 Å². The molecular formula is C29H24N2O2. The van der Waals surface area contributed by atoms with Crippen molar-refractivity contribution in [2.45, 2.75) is 27.7 Å². The Morgan fingerprint density at radius 3 is 2.36 bits per heavy atom. The van der Waals surface area contributed by atoms with Gasteiger partial charge in [0.2, 0.25) is 0 Å². The Morgan fingerprint density at radius 2 is 1.58 bits per heavy atom. The van der Waals surface area contributed by atoms with Gasteiger partial charge in [-0.3, -0.25) is 4.98 Å². The molecule has 0 unspecified atom stereocenters. The van der Waals surface area contributed by atoms with E-state index in [9.17, 15) is 4.79 Å². The summed E-state index contributed by atoms with van der Waals surface area (Å²) in [5.41, 5.74) is 7.85. The molecule has 0 aliphatic rings. The van der Waals surface area contributed by atoms with Gasteiger partial charge in [-0.15, -0.1) is 0 Å². The van der Waals surface area contributed by atoms with Crippen molar-refractivity contribution < 1.29 is 9.53 Å². The van der Waals surface area contributed by atoms with Crippen LogP contribution in [0.4, 0.5) is 0 Å². The zero-order chi connectivity index (χ0) is 23.1. The molecule has 0 spiro atoms. The predicted molar refractivity (Wildman–Crippen MR) is 133 cm³/mol. The SMILES string of the molecule is Cc1ccc(-c2nc3c(C)cc(C)cc3c(C(=O)Oc3cccc4cccnc34)c2C)cc1. The number of carbonyl (C=O) groups excluding carboxylic acids is 1. The van der Waals surface area contributed by atoms with E-state index in [1.54, 1.807) is 12.3 Å². The first-order chi connectivity index (χ1) is 15.9.